The highest BCUT2D eigenvalue weighted by molar-refractivity contribution is 6.17. The second-order valence-electron chi connectivity index (χ2n) is 4.40. The van der Waals surface area contributed by atoms with Gasteiger partial charge in [0, 0.05) is 12.1 Å². The van der Waals surface area contributed by atoms with Gasteiger partial charge in [0.05, 0.1) is 24.7 Å². The SMILES string of the molecule is C[C@H](c1ccccn1)n1cnc(F)c1C(=O)OCCCCl. The van der Waals surface area contributed by atoms with Crippen molar-refractivity contribution in [1.29, 1.82) is 0 Å². The smallest absolute Gasteiger partial charge is 0.359 e. The van der Waals surface area contributed by atoms with Crippen LogP contribution in [0.3, 0.4) is 0 Å². The third kappa shape index (κ3) is 3.58. The molecule has 5 nitrogen and oxygen atoms in total. The number of halogens is 2. The number of alkyl halides is 1. The van der Waals surface area contributed by atoms with E-state index in [0.29, 0.717) is 18.0 Å². The highest BCUT2D eigenvalue weighted by Crippen LogP contribution is 2.20. The van der Waals surface area contributed by atoms with E-state index in [1.54, 1.807) is 25.3 Å². The molecule has 0 saturated heterocycles. The lowest BCUT2D eigenvalue weighted by Crippen LogP contribution is -2.18. The highest BCUT2D eigenvalue weighted by atomic mass is 35.5. The Morgan fingerprint density at radius 3 is 2.95 bits per heavy atom. The van der Waals surface area contributed by atoms with Crippen LogP contribution in [0.25, 0.3) is 0 Å². The first-order valence-corrected chi connectivity index (χ1v) is 7.05. The molecule has 0 aliphatic heterocycles. The molecule has 0 aromatic carbocycles. The lowest BCUT2D eigenvalue weighted by Gasteiger charge is -2.15. The number of hydrogen-bond donors (Lipinski definition) is 0. The van der Waals surface area contributed by atoms with Gasteiger partial charge in [0.15, 0.2) is 5.69 Å². The van der Waals surface area contributed by atoms with Crippen LogP contribution >= 0.6 is 11.6 Å². The van der Waals surface area contributed by atoms with Crippen molar-refractivity contribution in [2.45, 2.75) is 19.4 Å². The van der Waals surface area contributed by atoms with Crippen molar-refractivity contribution in [3.63, 3.8) is 0 Å². The maximum atomic E-state index is 13.8. The van der Waals surface area contributed by atoms with Crippen molar-refractivity contribution in [2.24, 2.45) is 0 Å². The molecule has 0 fully saturated rings. The number of carbonyl (C=O) groups is 1. The first kappa shape index (κ1) is 15.4. The van der Waals surface area contributed by atoms with E-state index in [2.05, 4.69) is 9.97 Å². The second kappa shape index (κ2) is 7.17. The van der Waals surface area contributed by atoms with Gasteiger partial charge in [0.2, 0.25) is 5.95 Å². The number of aromatic nitrogens is 3. The lowest BCUT2D eigenvalue weighted by atomic mass is 10.2. The average molecular weight is 312 g/mol. The maximum Gasteiger partial charge on any atom is 0.359 e. The fourth-order valence-electron chi connectivity index (χ4n) is 1.87. The van der Waals surface area contributed by atoms with Crippen molar-refractivity contribution in [3.8, 4) is 0 Å². The van der Waals surface area contributed by atoms with Crippen LogP contribution in [0, 0.1) is 5.95 Å². The van der Waals surface area contributed by atoms with Gasteiger partial charge in [0.25, 0.3) is 0 Å². The fraction of sp³-hybridized carbons (Fsp3) is 0.357. The zero-order chi connectivity index (χ0) is 15.2. The maximum absolute atomic E-state index is 13.8. The van der Waals surface area contributed by atoms with E-state index in [0.717, 1.165) is 0 Å². The Kier molecular flexibility index (Phi) is 5.27. The van der Waals surface area contributed by atoms with Gasteiger partial charge in [0.1, 0.15) is 0 Å². The van der Waals surface area contributed by atoms with Crippen LogP contribution in [-0.2, 0) is 4.74 Å². The summed E-state index contributed by atoms with van der Waals surface area (Å²) in [5.74, 6) is -1.23. The van der Waals surface area contributed by atoms with Gasteiger partial charge in [-0.1, -0.05) is 6.07 Å². The summed E-state index contributed by atoms with van der Waals surface area (Å²) in [7, 11) is 0. The standard InChI is InChI=1S/C14H15ClFN3O2/c1-10(11-5-2-3-7-17-11)19-9-18-13(16)12(19)14(20)21-8-4-6-15/h2-3,5,7,9-10H,4,6,8H2,1H3/t10-/m1/s1. The summed E-state index contributed by atoms with van der Waals surface area (Å²) in [5.41, 5.74) is 0.493. The Morgan fingerprint density at radius 2 is 2.29 bits per heavy atom. The van der Waals surface area contributed by atoms with Crippen LogP contribution in [0.5, 0.6) is 0 Å². The molecular formula is C14H15ClFN3O2. The van der Waals surface area contributed by atoms with Crippen molar-refractivity contribution in [2.75, 3.05) is 12.5 Å². The zero-order valence-electron chi connectivity index (χ0n) is 11.5. The van der Waals surface area contributed by atoms with E-state index in [9.17, 15) is 9.18 Å². The molecule has 0 N–H and O–H groups in total. The second-order valence-corrected chi connectivity index (χ2v) is 4.78. The van der Waals surface area contributed by atoms with Gasteiger partial charge in [-0.15, -0.1) is 11.6 Å². The number of hydrogen-bond acceptors (Lipinski definition) is 4. The van der Waals surface area contributed by atoms with Gasteiger partial charge < -0.3 is 9.30 Å². The van der Waals surface area contributed by atoms with E-state index < -0.39 is 11.9 Å². The summed E-state index contributed by atoms with van der Waals surface area (Å²) in [5, 5.41) is 0. The summed E-state index contributed by atoms with van der Waals surface area (Å²) in [6.45, 7) is 1.95. The Morgan fingerprint density at radius 1 is 1.48 bits per heavy atom. The predicted octanol–water partition coefficient (Wildman–Crippen LogP) is 2.81. The lowest BCUT2D eigenvalue weighted by molar-refractivity contribution is 0.0486. The zero-order valence-corrected chi connectivity index (χ0v) is 12.3. The minimum absolute atomic E-state index is 0.144. The quantitative estimate of drug-likeness (QED) is 0.467. The minimum Gasteiger partial charge on any atom is -0.461 e. The van der Waals surface area contributed by atoms with Gasteiger partial charge in [-0.05, 0) is 25.5 Å². The molecule has 2 heterocycles. The van der Waals surface area contributed by atoms with Crippen LogP contribution in [0.1, 0.15) is 35.6 Å². The summed E-state index contributed by atoms with van der Waals surface area (Å²) < 4.78 is 20.2. The molecule has 21 heavy (non-hydrogen) atoms. The van der Waals surface area contributed by atoms with Crippen molar-refractivity contribution >= 4 is 17.6 Å². The van der Waals surface area contributed by atoms with E-state index >= 15 is 0 Å². The number of carbonyl (C=O) groups excluding carboxylic acids is 1. The molecule has 7 heteroatoms. The molecule has 2 rings (SSSR count). The van der Waals surface area contributed by atoms with E-state index in [1.807, 2.05) is 6.07 Å². The molecule has 0 spiro atoms. The molecule has 1 atom stereocenters. The van der Waals surface area contributed by atoms with E-state index in [1.165, 1.54) is 10.9 Å². The first-order chi connectivity index (χ1) is 10.1. The molecule has 0 aliphatic rings. The van der Waals surface area contributed by atoms with Crippen LogP contribution in [0.2, 0.25) is 0 Å². The molecule has 0 aliphatic carbocycles. The number of nitrogens with zero attached hydrogens (tertiary/aromatic N) is 3. The molecule has 0 radical (unpaired) electrons. The van der Waals surface area contributed by atoms with Crippen LogP contribution < -0.4 is 0 Å². The third-order valence-corrected chi connectivity index (χ3v) is 3.25. The Hall–Kier alpha value is -1.95. The summed E-state index contributed by atoms with van der Waals surface area (Å²) in [6, 6.07) is 5.07. The number of imidazole rings is 1. The van der Waals surface area contributed by atoms with E-state index in [4.69, 9.17) is 16.3 Å². The van der Waals surface area contributed by atoms with Crippen LogP contribution in [0.15, 0.2) is 30.7 Å². The van der Waals surface area contributed by atoms with Crippen molar-refractivity contribution in [1.82, 2.24) is 14.5 Å². The number of rotatable bonds is 6. The van der Waals surface area contributed by atoms with E-state index in [-0.39, 0.29) is 18.3 Å². The molecule has 2 aromatic heterocycles. The van der Waals surface area contributed by atoms with Crippen LogP contribution in [-0.4, -0.2) is 33.0 Å². The summed E-state index contributed by atoms with van der Waals surface area (Å²) in [4.78, 5) is 19.7. The molecular weight excluding hydrogens is 297 g/mol. The number of pyridine rings is 1. The monoisotopic (exact) mass is 311 g/mol. The third-order valence-electron chi connectivity index (χ3n) is 2.99. The highest BCUT2D eigenvalue weighted by Gasteiger charge is 2.24. The molecule has 0 amide bonds. The van der Waals surface area contributed by atoms with Gasteiger partial charge in [-0.3, -0.25) is 4.98 Å². The summed E-state index contributed by atoms with van der Waals surface area (Å²) in [6.07, 6.45) is 3.42. The Balaban J connectivity index is 2.23. The predicted molar refractivity (Wildman–Crippen MR) is 75.9 cm³/mol. The molecule has 0 saturated carbocycles. The van der Waals surface area contributed by atoms with Crippen molar-refractivity contribution < 1.29 is 13.9 Å². The average Bonchev–Trinajstić information content (AvgIpc) is 2.89. The number of ether oxygens (including phenoxy) is 1. The largest absolute Gasteiger partial charge is 0.461 e. The Labute approximate surface area is 126 Å². The normalized spacial score (nSPS) is 12.1. The fourth-order valence-corrected chi connectivity index (χ4v) is 1.98. The van der Waals surface area contributed by atoms with Crippen molar-refractivity contribution in [3.05, 3.63) is 48.1 Å². The van der Waals surface area contributed by atoms with Crippen LogP contribution in [0.4, 0.5) is 4.39 Å². The molecule has 112 valence electrons. The number of esters is 1. The molecule has 0 bridgehead atoms. The Bertz CT molecular complexity index is 604. The molecule has 0 unspecified atom stereocenters. The molecule has 2 aromatic rings. The summed E-state index contributed by atoms with van der Waals surface area (Å²) >= 11 is 5.51. The topological polar surface area (TPSA) is 57.0 Å². The minimum atomic E-state index is -0.853. The van der Waals surface area contributed by atoms with Gasteiger partial charge >= 0.3 is 5.97 Å². The van der Waals surface area contributed by atoms with Gasteiger partial charge in [-0.2, -0.15) is 4.39 Å². The first-order valence-electron chi connectivity index (χ1n) is 6.51. The van der Waals surface area contributed by atoms with Gasteiger partial charge in [-0.25, -0.2) is 9.78 Å².